The van der Waals surface area contributed by atoms with Crippen LogP contribution in [0.25, 0.3) is 0 Å². The maximum atomic E-state index is 13.8. The maximum Gasteiger partial charge on any atom is 0.232 e. The lowest BCUT2D eigenvalue weighted by molar-refractivity contribution is -0.113. The third kappa shape index (κ3) is 4.28. The fraction of sp³-hybridized carbons (Fsp3) is 0.0500. The molecule has 0 atom stereocenters. The lowest BCUT2D eigenvalue weighted by Gasteiger charge is -2.19. The normalized spacial score (nSPS) is 11.1. The smallest absolute Gasteiger partial charge is 0.232 e. The van der Waals surface area contributed by atoms with Gasteiger partial charge in [0.05, 0.1) is 6.16 Å². The van der Waals surface area contributed by atoms with E-state index < -0.39 is 7.14 Å². The van der Waals surface area contributed by atoms with Crippen molar-refractivity contribution in [2.45, 2.75) is 0 Å². The van der Waals surface area contributed by atoms with Crippen LogP contribution in [0.1, 0.15) is 0 Å². The first-order chi connectivity index (χ1) is 12.1. The SMILES string of the molecule is O=C(CP(=O)(c1ccccc1)c1ccccc1)Nc1ccc(Br)cc1. The lowest BCUT2D eigenvalue weighted by atomic mass is 10.3. The Morgan fingerprint density at radius 3 is 1.76 bits per heavy atom. The van der Waals surface area contributed by atoms with Gasteiger partial charge in [-0.2, -0.15) is 0 Å². The number of anilines is 1. The summed E-state index contributed by atoms with van der Waals surface area (Å²) in [6.45, 7) is 0. The van der Waals surface area contributed by atoms with Crippen molar-refractivity contribution in [3.05, 3.63) is 89.4 Å². The minimum Gasteiger partial charge on any atom is -0.326 e. The summed E-state index contributed by atoms with van der Waals surface area (Å²) in [6, 6.07) is 25.7. The van der Waals surface area contributed by atoms with Crippen LogP contribution in [0.4, 0.5) is 5.69 Å². The molecule has 0 fully saturated rings. The summed E-state index contributed by atoms with van der Waals surface area (Å²) in [5, 5.41) is 4.21. The average Bonchev–Trinajstić information content (AvgIpc) is 2.65. The highest BCUT2D eigenvalue weighted by Crippen LogP contribution is 2.43. The van der Waals surface area contributed by atoms with Gasteiger partial charge in [-0.05, 0) is 24.3 Å². The van der Waals surface area contributed by atoms with Crippen LogP contribution in [0.2, 0.25) is 0 Å². The first kappa shape index (κ1) is 17.7. The van der Waals surface area contributed by atoms with Gasteiger partial charge in [0, 0.05) is 20.8 Å². The Morgan fingerprint density at radius 1 is 0.800 bits per heavy atom. The number of halogens is 1. The van der Waals surface area contributed by atoms with Gasteiger partial charge in [-0.15, -0.1) is 0 Å². The molecule has 0 aliphatic carbocycles. The van der Waals surface area contributed by atoms with Crippen molar-refractivity contribution in [2.75, 3.05) is 11.5 Å². The molecule has 3 aromatic rings. The molecule has 0 heterocycles. The van der Waals surface area contributed by atoms with Crippen LogP contribution in [0.15, 0.2) is 89.4 Å². The molecule has 3 nitrogen and oxygen atoms in total. The van der Waals surface area contributed by atoms with Crippen LogP contribution in [-0.2, 0) is 9.36 Å². The number of benzene rings is 3. The van der Waals surface area contributed by atoms with Crippen LogP contribution < -0.4 is 15.9 Å². The summed E-state index contributed by atoms with van der Waals surface area (Å²) in [7, 11) is -3.05. The fourth-order valence-electron chi connectivity index (χ4n) is 2.61. The van der Waals surface area contributed by atoms with Crippen molar-refractivity contribution in [2.24, 2.45) is 0 Å². The van der Waals surface area contributed by atoms with E-state index in [0.29, 0.717) is 16.3 Å². The van der Waals surface area contributed by atoms with Gasteiger partial charge in [0.1, 0.15) is 0 Å². The van der Waals surface area contributed by atoms with Crippen molar-refractivity contribution < 1.29 is 9.36 Å². The second-order valence-corrected chi connectivity index (χ2v) is 9.37. The molecule has 0 unspecified atom stereocenters. The first-order valence-corrected chi connectivity index (χ1v) is 10.5. The first-order valence-electron chi connectivity index (χ1n) is 7.84. The maximum absolute atomic E-state index is 13.8. The number of nitrogens with one attached hydrogen (secondary N) is 1. The van der Waals surface area contributed by atoms with Gasteiger partial charge in [-0.3, -0.25) is 4.79 Å². The molecule has 126 valence electrons. The minimum absolute atomic E-state index is 0.0723. The number of hydrogen-bond acceptors (Lipinski definition) is 2. The molecule has 3 aromatic carbocycles. The number of carbonyl (C=O) groups excluding carboxylic acids is 1. The molecule has 0 bridgehead atoms. The van der Waals surface area contributed by atoms with E-state index in [-0.39, 0.29) is 12.1 Å². The Hall–Kier alpha value is -2.16. The molecule has 1 amide bonds. The Labute approximate surface area is 155 Å². The third-order valence-electron chi connectivity index (χ3n) is 3.84. The number of carbonyl (C=O) groups is 1. The van der Waals surface area contributed by atoms with Crippen molar-refractivity contribution in [1.29, 1.82) is 0 Å². The van der Waals surface area contributed by atoms with Crippen LogP contribution in [-0.4, -0.2) is 12.1 Å². The van der Waals surface area contributed by atoms with Crippen molar-refractivity contribution in [3.63, 3.8) is 0 Å². The van der Waals surface area contributed by atoms with Crippen molar-refractivity contribution >= 4 is 45.3 Å². The summed E-state index contributed by atoms with van der Waals surface area (Å²) < 4.78 is 14.7. The van der Waals surface area contributed by atoms with E-state index in [2.05, 4.69) is 21.2 Å². The zero-order chi connectivity index (χ0) is 17.7. The summed E-state index contributed by atoms with van der Waals surface area (Å²) in [5.74, 6) is -0.265. The van der Waals surface area contributed by atoms with E-state index in [1.54, 1.807) is 12.1 Å². The van der Waals surface area contributed by atoms with E-state index in [1.807, 2.05) is 72.8 Å². The Bertz CT molecular complexity index is 852. The number of amides is 1. The highest BCUT2D eigenvalue weighted by Gasteiger charge is 2.30. The topological polar surface area (TPSA) is 46.2 Å². The average molecular weight is 414 g/mol. The molecule has 1 N–H and O–H groups in total. The zero-order valence-electron chi connectivity index (χ0n) is 13.4. The second kappa shape index (κ2) is 7.81. The molecule has 3 rings (SSSR count). The largest absolute Gasteiger partial charge is 0.326 e. The second-order valence-electron chi connectivity index (χ2n) is 5.62. The Morgan fingerprint density at radius 2 is 1.28 bits per heavy atom. The highest BCUT2D eigenvalue weighted by atomic mass is 79.9. The lowest BCUT2D eigenvalue weighted by Crippen LogP contribution is -2.26. The van der Waals surface area contributed by atoms with Crippen molar-refractivity contribution in [1.82, 2.24) is 0 Å². The molecule has 0 aromatic heterocycles. The fourth-order valence-corrected chi connectivity index (χ4v) is 5.32. The molecular weight excluding hydrogens is 397 g/mol. The quantitative estimate of drug-likeness (QED) is 0.630. The standard InChI is InChI=1S/C20H17BrNO2P/c21-16-11-13-17(14-12-16)22-20(23)15-25(24,18-7-3-1-4-8-18)19-9-5-2-6-10-19/h1-14H,15H2,(H,22,23). The van der Waals surface area contributed by atoms with Gasteiger partial charge < -0.3 is 9.88 Å². The molecule has 0 spiro atoms. The van der Waals surface area contributed by atoms with Gasteiger partial charge in [0.25, 0.3) is 0 Å². The minimum atomic E-state index is -3.05. The van der Waals surface area contributed by atoms with Crippen LogP contribution >= 0.6 is 23.1 Å². The van der Waals surface area contributed by atoms with E-state index in [0.717, 1.165) is 4.47 Å². The van der Waals surface area contributed by atoms with Gasteiger partial charge in [-0.25, -0.2) is 0 Å². The van der Waals surface area contributed by atoms with Crippen LogP contribution in [0.3, 0.4) is 0 Å². The number of rotatable bonds is 5. The molecule has 25 heavy (non-hydrogen) atoms. The van der Waals surface area contributed by atoms with Gasteiger partial charge in [0.15, 0.2) is 7.14 Å². The van der Waals surface area contributed by atoms with Crippen LogP contribution in [0.5, 0.6) is 0 Å². The predicted octanol–water partition coefficient (Wildman–Crippen LogP) is 4.40. The monoisotopic (exact) mass is 413 g/mol. The molecule has 0 saturated heterocycles. The summed E-state index contributed by atoms with van der Waals surface area (Å²) in [4.78, 5) is 12.6. The van der Waals surface area contributed by atoms with E-state index >= 15 is 0 Å². The van der Waals surface area contributed by atoms with Gasteiger partial charge in [0.2, 0.25) is 5.91 Å². The van der Waals surface area contributed by atoms with Crippen LogP contribution in [0, 0.1) is 0 Å². The van der Waals surface area contributed by atoms with E-state index in [1.165, 1.54) is 0 Å². The molecule has 5 heteroatoms. The van der Waals surface area contributed by atoms with E-state index in [4.69, 9.17) is 0 Å². The van der Waals surface area contributed by atoms with E-state index in [9.17, 15) is 9.36 Å². The summed E-state index contributed by atoms with van der Waals surface area (Å²) in [6.07, 6.45) is -0.0723. The molecule has 0 saturated carbocycles. The highest BCUT2D eigenvalue weighted by molar-refractivity contribution is 9.10. The molecular formula is C20H17BrNO2P. The Kier molecular flexibility index (Phi) is 5.52. The zero-order valence-corrected chi connectivity index (χ0v) is 15.9. The van der Waals surface area contributed by atoms with Gasteiger partial charge >= 0.3 is 0 Å². The number of hydrogen-bond donors (Lipinski definition) is 1. The predicted molar refractivity (Wildman–Crippen MR) is 107 cm³/mol. The molecule has 0 aliphatic rings. The van der Waals surface area contributed by atoms with Gasteiger partial charge in [-0.1, -0.05) is 76.6 Å². The van der Waals surface area contributed by atoms with Crippen molar-refractivity contribution in [3.8, 4) is 0 Å². The molecule has 0 aliphatic heterocycles. The summed E-state index contributed by atoms with van der Waals surface area (Å²) in [5.41, 5.74) is 0.681. The summed E-state index contributed by atoms with van der Waals surface area (Å²) >= 11 is 3.36. The molecule has 0 radical (unpaired) electrons. The Balaban J connectivity index is 1.89. The third-order valence-corrected chi connectivity index (χ3v) is 7.37.